The number of aromatic nitrogens is 4. The average molecular weight is 641 g/mol. The fraction of sp³-hybridized carbons (Fsp3) is 0.0217. The topological polar surface area (TPSA) is 43.6 Å². The smallest absolute Gasteiger partial charge is 0.164 e. The molecule has 0 amide bonds. The second-order valence-corrected chi connectivity index (χ2v) is 12.5. The van der Waals surface area contributed by atoms with Crippen molar-refractivity contribution in [3.05, 3.63) is 193 Å². The normalized spacial score (nSPS) is 11.3. The third-order valence-corrected chi connectivity index (χ3v) is 9.31. The quantitative estimate of drug-likeness (QED) is 0.174. The van der Waals surface area contributed by atoms with Crippen LogP contribution in [-0.4, -0.2) is 19.5 Å². The summed E-state index contributed by atoms with van der Waals surface area (Å²) in [5.74, 6) is 2.00. The highest BCUT2D eigenvalue weighted by Gasteiger charge is 2.13. The molecular formula is C46H32N4. The van der Waals surface area contributed by atoms with Gasteiger partial charge >= 0.3 is 0 Å². The number of hydrogen-bond acceptors (Lipinski definition) is 3. The standard InChI is InChI=1S/C46H32N4/c1-3-11-36(12-4-1)44-47-45(37-13-5-2-6-14-37)49-46(48-44)38-25-21-33(22-26-38)31-32-19-23-34(24-20-32)35-27-29-39(30-28-35)50-42-17-9-7-15-40(42)41-16-8-10-18-43(41)50/h1-30H,31H2. The predicted octanol–water partition coefficient (Wildman–Crippen LogP) is 11.2. The lowest BCUT2D eigenvalue weighted by Crippen LogP contribution is -2.00. The summed E-state index contributed by atoms with van der Waals surface area (Å²) >= 11 is 0. The van der Waals surface area contributed by atoms with Gasteiger partial charge in [0.2, 0.25) is 0 Å². The summed E-state index contributed by atoms with van der Waals surface area (Å²) in [6, 6.07) is 63.8. The second-order valence-electron chi connectivity index (χ2n) is 12.5. The molecule has 2 aromatic heterocycles. The van der Waals surface area contributed by atoms with Gasteiger partial charge in [0.05, 0.1) is 11.0 Å². The van der Waals surface area contributed by atoms with Gasteiger partial charge in [-0.25, -0.2) is 15.0 Å². The Kier molecular flexibility index (Phi) is 7.52. The van der Waals surface area contributed by atoms with E-state index in [0.717, 1.165) is 28.8 Å². The van der Waals surface area contributed by atoms with E-state index in [1.54, 1.807) is 0 Å². The van der Waals surface area contributed by atoms with Gasteiger partial charge in [-0.15, -0.1) is 0 Å². The molecule has 0 N–H and O–H groups in total. The maximum atomic E-state index is 4.87. The number of fused-ring (bicyclic) bond motifs is 3. The van der Waals surface area contributed by atoms with E-state index in [2.05, 4.69) is 126 Å². The molecule has 0 saturated heterocycles. The first-order chi connectivity index (χ1) is 24.8. The average Bonchev–Trinajstić information content (AvgIpc) is 3.53. The summed E-state index contributed by atoms with van der Waals surface area (Å²) in [7, 11) is 0. The molecule has 4 nitrogen and oxygen atoms in total. The second kappa shape index (κ2) is 12.8. The summed E-state index contributed by atoms with van der Waals surface area (Å²) in [4.78, 5) is 14.6. The fourth-order valence-electron chi connectivity index (χ4n) is 6.76. The summed E-state index contributed by atoms with van der Waals surface area (Å²) in [5, 5.41) is 2.55. The van der Waals surface area contributed by atoms with Gasteiger partial charge < -0.3 is 4.57 Å². The molecule has 0 aliphatic rings. The van der Waals surface area contributed by atoms with Crippen LogP contribution in [0.25, 0.3) is 72.8 Å². The Morgan fingerprint density at radius 2 is 0.680 bits per heavy atom. The Balaban J connectivity index is 0.943. The van der Waals surface area contributed by atoms with E-state index >= 15 is 0 Å². The van der Waals surface area contributed by atoms with E-state index in [1.807, 2.05) is 60.7 Å². The van der Waals surface area contributed by atoms with Crippen molar-refractivity contribution in [3.63, 3.8) is 0 Å². The molecule has 50 heavy (non-hydrogen) atoms. The van der Waals surface area contributed by atoms with Crippen LogP contribution in [0.15, 0.2) is 182 Å². The molecule has 2 heterocycles. The fourth-order valence-corrected chi connectivity index (χ4v) is 6.76. The van der Waals surface area contributed by atoms with E-state index in [1.165, 1.54) is 44.1 Å². The number of hydrogen-bond donors (Lipinski definition) is 0. The molecule has 0 saturated carbocycles. The van der Waals surface area contributed by atoms with Gasteiger partial charge in [0.1, 0.15) is 0 Å². The van der Waals surface area contributed by atoms with Crippen LogP contribution in [-0.2, 0) is 6.42 Å². The lowest BCUT2D eigenvalue weighted by Gasteiger charge is -2.10. The van der Waals surface area contributed by atoms with E-state index in [9.17, 15) is 0 Å². The van der Waals surface area contributed by atoms with Crippen LogP contribution >= 0.6 is 0 Å². The summed E-state index contributed by atoms with van der Waals surface area (Å²) in [6.45, 7) is 0. The first-order valence-corrected chi connectivity index (χ1v) is 16.9. The van der Waals surface area contributed by atoms with Crippen LogP contribution in [0.2, 0.25) is 0 Å². The highest BCUT2D eigenvalue weighted by Crippen LogP contribution is 2.33. The molecule has 236 valence electrons. The van der Waals surface area contributed by atoms with Crippen molar-refractivity contribution in [2.45, 2.75) is 6.42 Å². The van der Waals surface area contributed by atoms with Crippen molar-refractivity contribution in [1.29, 1.82) is 0 Å². The van der Waals surface area contributed by atoms with Gasteiger partial charge in [-0.3, -0.25) is 0 Å². The van der Waals surface area contributed by atoms with Gasteiger partial charge in [0, 0.05) is 33.2 Å². The van der Waals surface area contributed by atoms with E-state index < -0.39 is 0 Å². The van der Waals surface area contributed by atoms with E-state index in [-0.39, 0.29) is 0 Å². The molecule has 0 spiro atoms. The third kappa shape index (κ3) is 5.63. The molecule has 0 radical (unpaired) electrons. The Bertz CT molecular complexity index is 2460. The Labute approximate surface area is 291 Å². The lowest BCUT2D eigenvalue weighted by atomic mass is 9.99. The van der Waals surface area contributed by atoms with Crippen LogP contribution in [0, 0.1) is 0 Å². The summed E-state index contributed by atoms with van der Waals surface area (Å²) in [5.41, 5.74) is 11.4. The summed E-state index contributed by atoms with van der Waals surface area (Å²) in [6.07, 6.45) is 0.842. The van der Waals surface area contributed by atoms with Crippen molar-refractivity contribution in [2.75, 3.05) is 0 Å². The monoisotopic (exact) mass is 640 g/mol. The SMILES string of the molecule is c1ccc(-c2nc(-c3ccccc3)nc(-c3ccc(Cc4ccc(-c5ccc(-n6c7ccccc7c7ccccc76)cc5)cc4)cc3)n2)cc1. The van der Waals surface area contributed by atoms with Gasteiger partial charge in [-0.1, -0.05) is 158 Å². The van der Waals surface area contributed by atoms with Crippen LogP contribution in [0.3, 0.4) is 0 Å². The number of rotatable bonds is 7. The molecule has 4 heteroatoms. The first kappa shape index (κ1) is 29.5. The Hall–Kier alpha value is -6.65. The van der Waals surface area contributed by atoms with Crippen molar-refractivity contribution < 1.29 is 0 Å². The minimum atomic E-state index is 0.665. The van der Waals surface area contributed by atoms with Crippen LogP contribution < -0.4 is 0 Å². The molecule has 0 bridgehead atoms. The van der Waals surface area contributed by atoms with E-state index in [4.69, 9.17) is 15.0 Å². The first-order valence-electron chi connectivity index (χ1n) is 16.9. The minimum absolute atomic E-state index is 0.665. The maximum absolute atomic E-state index is 4.87. The molecule has 0 aliphatic carbocycles. The van der Waals surface area contributed by atoms with Crippen LogP contribution in [0.1, 0.15) is 11.1 Å². The zero-order valence-electron chi connectivity index (χ0n) is 27.3. The number of para-hydroxylation sites is 2. The van der Waals surface area contributed by atoms with Crippen LogP contribution in [0.5, 0.6) is 0 Å². The van der Waals surface area contributed by atoms with E-state index in [0.29, 0.717) is 17.5 Å². The molecule has 0 aliphatic heterocycles. The number of benzene rings is 7. The Morgan fingerprint density at radius 1 is 0.320 bits per heavy atom. The highest BCUT2D eigenvalue weighted by atomic mass is 15.0. The molecule has 0 unspecified atom stereocenters. The van der Waals surface area contributed by atoms with Crippen LogP contribution in [0.4, 0.5) is 0 Å². The Morgan fingerprint density at radius 3 is 1.14 bits per heavy atom. The zero-order valence-corrected chi connectivity index (χ0v) is 27.3. The third-order valence-electron chi connectivity index (χ3n) is 9.31. The van der Waals surface area contributed by atoms with Gasteiger partial charge in [0.15, 0.2) is 17.5 Å². The largest absolute Gasteiger partial charge is 0.309 e. The minimum Gasteiger partial charge on any atom is -0.309 e. The van der Waals surface area contributed by atoms with Crippen molar-refractivity contribution in [3.8, 4) is 51.0 Å². The molecule has 9 aromatic rings. The molecular weight excluding hydrogens is 609 g/mol. The zero-order chi connectivity index (χ0) is 33.3. The van der Waals surface area contributed by atoms with Crippen molar-refractivity contribution >= 4 is 21.8 Å². The lowest BCUT2D eigenvalue weighted by molar-refractivity contribution is 1.07. The number of nitrogens with zero attached hydrogens (tertiary/aromatic N) is 4. The molecule has 0 fully saturated rings. The van der Waals surface area contributed by atoms with Crippen molar-refractivity contribution in [2.24, 2.45) is 0 Å². The summed E-state index contributed by atoms with van der Waals surface area (Å²) < 4.78 is 2.36. The molecule has 7 aromatic carbocycles. The van der Waals surface area contributed by atoms with Gasteiger partial charge in [0.25, 0.3) is 0 Å². The molecule has 0 atom stereocenters. The highest BCUT2D eigenvalue weighted by molar-refractivity contribution is 6.09. The predicted molar refractivity (Wildman–Crippen MR) is 205 cm³/mol. The van der Waals surface area contributed by atoms with Gasteiger partial charge in [-0.05, 0) is 52.9 Å². The van der Waals surface area contributed by atoms with Gasteiger partial charge in [-0.2, -0.15) is 0 Å². The molecule has 9 rings (SSSR count). The maximum Gasteiger partial charge on any atom is 0.164 e. The van der Waals surface area contributed by atoms with Crippen molar-refractivity contribution in [1.82, 2.24) is 19.5 Å².